The van der Waals surface area contributed by atoms with E-state index in [-0.39, 0.29) is 17.2 Å². The number of Topliss-reactive ketones (excluding diaryl/α,β-unsaturated/α-hetero) is 1. The van der Waals surface area contributed by atoms with Gasteiger partial charge in [-0.25, -0.2) is 4.79 Å². The van der Waals surface area contributed by atoms with Crippen molar-refractivity contribution in [3.8, 4) is 11.1 Å². The summed E-state index contributed by atoms with van der Waals surface area (Å²) in [5, 5.41) is 13.9. The first-order valence-electron chi connectivity index (χ1n) is 8.55. The van der Waals surface area contributed by atoms with Crippen molar-refractivity contribution in [3.05, 3.63) is 77.6 Å². The zero-order chi connectivity index (χ0) is 20.8. The van der Waals surface area contributed by atoms with E-state index in [0.717, 1.165) is 11.1 Å². The fourth-order valence-corrected chi connectivity index (χ4v) is 2.86. The molecule has 3 rings (SSSR count). The van der Waals surface area contributed by atoms with Crippen LogP contribution in [-0.2, 0) is 4.79 Å². The summed E-state index contributed by atoms with van der Waals surface area (Å²) in [6.45, 7) is 0. The quantitative estimate of drug-likeness (QED) is 0.403. The maximum Gasteiger partial charge on any atom is 0.409 e. The molecule has 1 heterocycles. The monoisotopic (exact) mass is 409 g/mol. The van der Waals surface area contributed by atoms with Gasteiger partial charge in [0, 0.05) is 28.5 Å². The molecule has 29 heavy (non-hydrogen) atoms. The molecule has 146 valence electrons. The maximum absolute atomic E-state index is 12.5. The molecular formula is C21H16ClN3O4. The van der Waals surface area contributed by atoms with Crippen molar-refractivity contribution in [1.29, 1.82) is 0 Å². The molecular weight excluding hydrogens is 394 g/mol. The van der Waals surface area contributed by atoms with Crippen LogP contribution in [0.25, 0.3) is 11.1 Å². The number of pyridine rings is 1. The summed E-state index contributed by atoms with van der Waals surface area (Å²) in [5.74, 6) is -0.958. The average molecular weight is 410 g/mol. The second-order valence-electron chi connectivity index (χ2n) is 6.09. The number of carbonyl (C=O) groups is 3. The molecule has 7 nitrogen and oxygen atoms in total. The van der Waals surface area contributed by atoms with E-state index in [0.29, 0.717) is 10.6 Å². The highest BCUT2D eigenvalue weighted by molar-refractivity contribution is 6.31. The van der Waals surface area contributed by atoms with Crippen LogP contribution in [0.2, 0.25) is 5.02 Å². The molecule has 2 aromatic carbocycles. The molecule has 0 radical (unpaired) electrons. The van der Waals surface area contributed by atoms with Crippen LogP contribution in [0.4, 0.5) is 16.2 Å². The number of anilines is 2. The number of hydrogen-bond acceptors (Lipinski definition) is 4. The molecule has 0 unspecified atom stereocenters. The van der Waals surface area contributed by atoms with Crippen molar-refractivity contribution in [3.63, 3.8) is 0 Å². The van der Waals surface area contributed by atoms with Crippen LogP contribution in [0, 0.1) is 0 Å². The Morgan fingerprint density at radius 3 is 2.45 bits per heavy atom. The van der Waals surface area contributed by atoms with Crippen molar-refractivity contribution in [2.75, 3.05) is 10.6 Å². The summed E-state index contributed by atoms with van der Waals surface area (Å²) in [7, 11) is 0. The lowest BCUT2D eigenvalue weighted by atomic mass is 10.0. The number of hydrogen-bond donors (Lipinski definition) is 3. The Bertz CT molecular complexity index is 1070. The Kier molecular flexibility index (Phi) is 6.21. The minimum Gasteiger partial charge on any atom is -0.465 e. The predicted octanol–water partition coefficient (Wildman–Crippen LogP) is 4.70. The van der Waals surface area contributed by atoms with E-state index < -0.39 is 18.4 Å². The van der Waals surface area contributed by atoms with E-state index in [9.17, 15) is 14.4 Å². The van der Waals surface area contributed by atoms with Crippen LogP contribution in [0.3, 0.4) is 0 Å². The second-order valence-corrected chi connectivity index (χ2v) is 6.53. The molecule has 0 fully saturated rings. The summed E-state index contributed by atoms with van der Waals surface area (Å²) in [4.78, 5) is 39.8. The van der Waals surface area contributed by atoms with Gasteiger partial charge in [0.15, 0.2) is 5.78 Å². The fraction of sp³-hybridized carbons (Fsp3) is 0.0476. The number of halogens is 1. The fourth-order valence-electron chi connectivity index (χ4n) is 2.69. The molecule has 0 atom stereocenters. The van der Waals surface area contributed by atoms with Crippen molar-refractivity contribution < 1.29 is 19.5 Å². The van der Waals surface area contributed by atoms with Crippen LogP contribution < -0.4 is 10.6 Å². The largest absolute Gasteiger partial charge is 0.465 e. The lowest BCUT2D eigenvalue weighted by molar-refractivity contribution is -0.115. The summed E-state index contributed by atoms with van der Waals surface area (Å²) >= 11 is 5.92. The van der Waals surface area contributed by atoms with Gasteiger partial charge in [-0.1, -0.05) is 35.9 Å². The van der Waals surface area contributed by atoms with E-state index >= 15 is 0 Å². The number of aromatic nitrogens is 1. The van der Waals surface area contributed by atoms with Gasteiger partial charge in [-0.3, -0.25) is 19.9 Å². The molecule has 8 heteroatoms. The Morgan fingerprint density at radius 1 is 0.931 bits per heavy atom. The lowest BCUT2D eigenvalue weighted by Crippen LogP contribution is -2.18. The first-order chi connectivity index (χ1) is 13.9. The van der Waals surface area contributed by atoms with E-state index in [2.05, 4.69) is 15.6 Å². The third-order valence-corrected chi connectivity index (χ3v) is 4.23. The van der Waals surface area contributed by atoms with Crippen molar-refractivity contribution in [2.24, 2.45) is 0 Å². The summed E-state index contributed by atoms with van der Waals surface area (Å²) in [6.07, 6.45) is 1.65. The number of nitrogens with one attached hydrogen (secondary N) is 2. The number of ketones is 1. The van der Waals surface area contributed by atoms with Crippen molar-refractivity contribution in [1.82, 2.24) is 4.98 Å². The molecule has 0 saturated heterocycles. The molecule has 0 saturated carbocycles. The molecule has 0 spiro atoms. The topological polar surface area (TPSA) is 108 Å². The number of nitrogens with zero attached hydrogens (tertiary/aromatic N) is 1. The molecule has 0 aliphatic rings. The number of amides is 2. The van der Waals surface area contributed by atoms with Gasteiger partial charge < -0.3 is 10.4 Å². The van der Waals surface area contributed by atoms with E-state index in [1.54, 1.807) is 36.7 Å². The van der Waals surface area contributed by atoms with Gasteiger partial charge in [0.1, 0.15) is 0 Å². The Balaban J connectivity index is 1.73. The van der Waals surface area contributed by atoms with Crippen LogP contribution in [0.15, 0.2) is 67.0 Å². The number of benzene rings is 2. The molecule has 1 aromatic heterocycles. The van der Waals surface area contributed by atoms with E-state index in [1.165, 1.54) is 18.2 Å². The minimum absolute atomic E-state index is 0.154. The number of carbonyl (C=O) groups excluding carboxylic acids is 2. The Labute approximate surface area is 171 Å². The maximum atomic E-state index is 12.5. The highest BCUT2D eigenvalue weighted by Crippen LogP contribution is 2.26. The van der Waals surface area contributed by atoms with Crippen LogP contribution in [0.1, 0.15) is 16.8 Å². The summed E-state index contributed by atoms with van der Waals surface area (Å²) in [6, 6.07) is 14.9. The first-order valence-corrected chi connectivity index (χ1v) is 8.93. The van der Waals surface area contributed by atoms with Gasteiger partial charge in [-0.15, -0.1) is 0 Å². The van der Waals surface area contributed by atoms with Gasteiger partial charge in [0.25, 0.3) is 0 Å². The van der Waals surface area contributed by atoms with E-state index in [1.807, 2.05) is 12.1 Å². The zero-order valence-corrected chi connectivity index (χ0v) is 15.8. The normalized spacial score (nSPS) is 10.2. The Morgan fingerprint density at radius 2 is 1.72 bits per heavy atom. The summed E-state index contributed by atoms with van der Waals surface area (Å²) < 4.78 is 0. The standard InChI is InChI=1S/C21H16ClN3O4/c22-16-6-7-17(25-21(28)29)18(10-16)24-20(27)11-19(26)14-4-1-3-13(9-14)15-5-2-8-23-12-15/h1-10,12,25H,11H2,(H,24,27)(H,28,29). The highest BCUT2D eigenvalue weighted by atomic mass is 35.5. The first kappa shape index (κ1) is 20.0. The van der Waals surface area contributed by atoms with Gasteiger partial charge in [-0.05, 0) is 35.9 Å². The third-order valence-electron chi connectivity index (χ3n) is 4.00. The predicted molar refractivity (Wildman–Crippen MR) is 110 cm³/mol. The molecule has 0 aliphatic heterocycles. The molecule has 2 amide bonds. The van der Waals surface area contributed by atoms with Gasteiger partial charge >= 0.3 is 6.09 Å². The third kappa shape index (κ3) is 5.40. The van der Waals surface area contributed by atoms with Crippen LogP contribution >= 0.6 is 11.6 Å². The lowest BCUT2D eigenvalue weighted by Gasteiger charge is -2.11. The van der Waals surface area contributed by atoms with Crippen LogP contribution in [-0.4, -0.2) is 27.9 Å². The minimum atomic E-state index is -1.29. The van der Waals surface area contributed by atoms with Crippen molar-refractivity contribution in [2.45, 2.75) is 6.42 Å². The second kappa shape index (κ2) is 8.99. The molecule has 0 bridgehead atoms. The average Bonchev–Trinajstić information content (AvgIpc) is 2.70. The highest BCUT2D eigenvalue weighted by Gasteiger charge is 2.15. The molecule has 3 aromatic rings. The van der Waals surface area contributed by atoms with Gasteiger partial charge in [-0.2, -0.15) is 0 Å². The SMILES string of the molecule is O=C(O)Nc1ccc(Cl)cc1NC(=O)CC(=O)c1cccc(-c2cccnc2)c1. The Hall–Kier alpha value is -3.71. The van der Waals surface area contributed by atoms with Gasteiger partial charge in [0.05, 0.1) is 17.8 Å². The van der Waals surface area contributed by atoms with E-state index in [4.69, 9.17) is 16.7 Å². The summed E-state index contributed by atoms with van der Waals surface area (Å²) in [5.41, 5.74) is 2.38. The molecule has 0 aliphatic carbocycles. The zero-order valence-electron chi connectivity index (χ0n) is 15.1. The van der Waals surface area contributed by atoms with Gasteiger partial charge in [0.2, 0.25) is 5.91 Å². The van der Waals surface area contributed by atoms with Crippen molar-refractivity contribution >= 4 is 40.8 Å². The van der Waals surface area contributed by atoms with Crippen LogP contribution in [0.5, 0.6) is 0 Å². The smallest absolute Gasteiger partial charge is 0.409 e. The molecule has 3 N–H and O–H groups in total. The number of rotatable bonds is 6. The number of carboxylic acid groups (broad SMARTS) is 1.